The molecule has 5 heteroatoms. The highest BCUT2D eigenvalue weighted by Gasteiger charge is 2.37. The van der Waals surface area contributed by atoms with Gasteiger partial charge < -0.3 is 9.64 Å². The van der Waals surface area contributed by atoms with Crippen LogP contribution in [0.2, 0.25) is 0 Å². The Balaban J connectivity index is 2.01. The maximum atomic E-state index is 12.7. The van der Waals surface area contributed by atoms with Crippen LogP contribution >= 0.6 is 0 Å². The maximum Gasteiger partial charge on any atom is 0.410 e. The molecule has 1 aromatic carbocycles. The summed E-state index contributed by atoms with van der Waals surface area (Å²) < 4.78 is 5.42. The summed E-state index contributed by atoms with van der Waals surface area (Å²) >= 11 is 0. The molecule has 1 aromatic rings. The lowest BCUT2D eigenvalue weighted by Gasteiger charge is -2.30. The number of likely N-dealkylation sites (tertiary alicyclic amines) is 1. The van der Waals surface area contributed by atoms with Crippen molar-refractivity contribution in [2.45, 2.75) is 51.8 Å². The molecule has 2 rings (SSSR count). The predicted molar refractivity (Wildman–Crippen MR) is 88.9 cm³/mol. The van der Waals surface area contributed by atoms with Crippen molar-refractivity contribution in [3.63, 3.8) is 0 Å². The van der Waals surface area contributed by atoms with Gasteiger partial charge in [0, 0.05) is 20.1 Å². The van der Waals surface area contributed by atoms with E-state index in [2.05, 4.69) is 0 Å². The number of rotatable bonds is 3. The van der Waals surface area contributed by atoms with E-state index in [0.717, 1.165) is 12.0 Å². The minimum absolute atomic E-state index is 0.0304. The van der Waals surface area contributed by atoms with Crippen molar-refractivity contribution in [2.75, 3.05) is 13.6 Å². The van der Waals surface area contributed by atoms with E-state index in [1.807, 2.05) is 51.1 Å². The summed E-state index contributed by atoms with van der Waals surface area (Å²) in [7, 11) is 1.78. The second kappa shape index (κ2) is 7.02. The number of nitrogens with zero attached hydrogens (tertiary/aromatic N) is 2. The van der Waals surface area contributed by atoms with E-state index in [1.165, 1.54) is 0 Å². The lowest BCUT2D eigenvalue weighted by Crippen LogP contribution is -2.47. The number of carbonyl (C=O) groups is 2. The Hall–Kier alpha value is -2.04. The fraction of sp³-hybridized carbons (Fsp3) is 0.556. The Labute approximate surface area is 138 Å². The van der Waals surface area contributed by atoms with Crippen LogP contribution in [0, 0.1) is 0 Å². The van der Waals surface area contributed by atoms with Gasteiger partial charge in [-0.3, -0.25) is 9.69 Å². The Bertz CT molecular complexity index is 551. The quantitative estimate of drug-likeness (QED) is 0.860. The van der Waals surface area contributed by atoms with Gasteiger partial charge >= 0.3 is 6.09 Å². The first-order valence-corrected chi connectivity index (χ1v) is 8.06. The predicted octanol–water partition coefficient (Wildman–Crippen LogP) is 3.04. The van der Waals surface area contributed by atoms with Gasteiger partial charge in [0.2, 0.25) is 5.91 Å². The largest absolute Gasteiger partial charge is 0.444 e. The van der Waals surface area contributed by atoms with Gasteiger partial charge in [0.1, 0.15) is 11.6 Å². The minimum atomic E-state index is -0.552. The zero-order chi connectivity index (χ0) is 17.0. The number of ether oxygens (including phenoxy) is 1. The second-order valence-corrected chi connectivity index (χ2v) is 7.01. The SMILES string of the molecule is CN(Cc1ccccc1)C(=O)C1CCCN1C(=O)OC(C)(C)C. The first-order valence-electron chi connectivity index (χ1n) is 8.06. The lowest BCUT2D eigenvalue weighted by atomic mass is 10.1. The van der Waals surface area contributed by atoms with E-state index in [1.54, 1.807) is 16.8 Å². The topological polar surface area (TPSA) is 49.9 Å². The molecular formula is C18H26N2O3. The highest BCUT2D eigenvalue weighted by molar-refractivity contribution is 5.86. The summed E-state index contributed by atoms with van der Waals surface area (Å²) in [5, 5.41) is 0. The van der Waals surface area contributed by atoms with Crippen LogP contribution in [0.3, 0.4) is 0 Å². The number of amides is 2. The smallest absolute Gasteiger partial charge is 0.410 e. The lowest BCUT2D eigenvalue weighted by molar-refractivity contribution is -0.135. The molecule has 1 fully saturated rings. The van der Waals surface area contributed by atoms with E-state index in [0.29, 0.717) is 19.5 Å². The highest BCUT2D eigenvalue weighted by atomic mass is 16.6. The van der Waals surface area contributed by atoms with Gasteiger partial charge in [-0.05, 0) is 39.2 Å². The number of hydrogen-bond donors (Lipinski definition) is 0. The van der Waals surface area contributed by atoms with Gasteiger partial charge in [-0.25, -0.2) is 4.79 Å². The van der Waals surface area contributed by atoms with Crippen molar-refractivity contribution < 1.29 is 14.3 Å². The third-order valence-electron chi connectivity index (χ3n) is 3.80. The molecule has 1 aliphatic rings. The Morgan fingerprint density at radius 2 is 1.91 bits per heavy atom. The minimum Gasteiger partial charge on any atom is -0.444 e. The van der Waals surface area contributed by atoms with E-state index in [9.17, 15) is 9.59 Å². The van der Waals surface area contributed by atoms with Crippen molar-refractivity contribution in [2.24, 2.45) is 0 Å². The zero-order valence-electron chi connectivity index (χ0n) is 14.4. The summed E-state index contributed by atoms with van der Waals surface area (Å²) in [6.45, 7) is 6.61. The third kappa shape index (κ3) is 4.71. The Kier molecular flexibility index (Phi) is 5.29. The average molecular weight is 318 g/mol. The van der Waals surface area contributed by atoms with Crippen LogP contribution in [0.1, 0.15) is 39.2 Å². The van der Waals surface area contributed by atoms with Crippen molar-refractivity contribution in [3.05, 3.63) is 35.9 Å². The van der Waals surface area contributed by atoms with Crippen LogP contribution in [0.4, 0.5) is 4.79 Å². The number of benzene rings is 1. The average Bonchev–Trinajstić information content (AvgIpc) is 2.95. The van der Waals surface area contributed by atoms with E-state index >= 15 is 0 Å². The molecule has 1 heterocycles. The van der Waals surface area contributed by atoms with Gasteiger partial charge in [-0.1, -0.05) is 30.3 Å². The first-order chi connectivity index (χ1) is 10.8. The number of likely N-dealkylation sites (N-methyl/N-ethyl adjacent to an activating group) is 1. The van der Waals surface area contributed by atoms with Gasteiger partial charge in [0.25, 0.3) is 0 Å². The fourth-order valence-corrected chi connectivity index (χ4v) is 2.75. The van der Waals surface area contributed by atoms with Gasteiger partial charge in [-0.15, -0.1) is 0 Å². The summed E-state index contributed by atoms with van der Waals surface area (Å²) in [6.07, 6.45) is 1.12. The molecule has 0 N–H and O–H groups in total. The number of carbonyl (C=O) groups excluding carboxylic acids is 2. The summed E-state index contributed by atoms with van der Waals surface area (Å²) in [4.78, 5) is 28.2. The molecule has 1 unspecified atom stereocenters. The molecule has 0 radical (unpaired) electrons. The Morgan fingerprint density at radius 3 is 2.52 bits per heavy atom. The third-order valence-corrected chi connectivity index (χ3v) is 3.80. The van der Waals surface area contributed by atoms with E-state index < -0.39 is 17.7 Å². The molecule has 23 heavy (non-hydrogen) atoms. The molecule has 1 saturated heterocycles. The molecule has 0 aromatic heterocycles. The molecule has 5 nitrogen and oxygen atoms in total. The Morgan fingerprint density at radius 1 is 1.26 bits per heavy atom. The van der Waals surface area contributed by atoms with Crippen LogP contribution in [0.5, 0.6) is 0 Å². The molecular weight excluding hydrogens is 292 g/mol. The zero-order valence-corrected chi connectivity index (χ0v) is 14.4. The van der Waals surface area contributed by atoms with Gasteiger partial charge in [0.05, 0.1) is 0 Å². The normalized spacial score (nSPS) is 17.9. The van der Waals surface area contributed by atoms with Gasteiger partial charge in [-0.2, -0.15) is 0 Å². The van der Waals surface area contributed by atoms with Crippen molar-refractivity contribution in [3.8, 4) is 0 Å². The molecule has 0 aliphatic carbocycles. The van der Waals surface area contributed by atoms with Crippen LogP contribution in [-0.4, -0.2) is 47.0 Å². The standard InChI is InChI=1S/C18H26N2O3/c1-18(2,3)23-17(22)20-12-8-11-15(20)16(21)19(4)13-14-9-6-5-7-10-14/h5-7,9-10,15H,8,11-13H2,1-4H3. The van der Waals surface area contributed by atoms with Crippen LogP contribution < -0.4 is 0 Å². The summed E-state index contributed by atoms with van der Waals surface area (Å²) in [6, 6.07) is 9.42. The number of hydrogen-bond acceptors (Lipinski definition) is 3. The fourth-order valence-electron chi connectivity index (χ4n) is 2.75. The molecule has 2 amide bonds. The molecule has 1 atom stereocenters. The molecule has 126 valence electrons. The van der Waals surface area contributed by atoms with E-state index in [-0.39, 0.29) is 5.91 Å². The monoisotopic (exact) mass is 318 g/mol. The van der Waals surface area contributed by atoms with Crippen LogP contribution in [0.15, 0.2) is 30.3 Å². The molecule has 0 bridgehead atoms. The molecule has 1 aliphatic heterocycles. The molecule has 0 spiro atoms. The maximum absolute atomic E-state index is 12.7. The van der Waals surface area contributed by atoms with Gasteiger partial charge in [0.15, 0.2) is 0 Å². The van der Waals surface area contributed by atoms with Crippen LogP contribution in [-0.2, 0) is 16.1 Å². The van der Waals surface area contributed by atoms with Crippen LogP contribution in [0.25, 0.3) is 0 Å². The highest BCUT2D eigenvalue weighted by Crippen LogP contribution is 2.22. The second-order valence-electron chi connectivity index (χ2n) is 7.01. The summed E-state index contributed by atoms with van der Waals surface area (Å²) in [5.74, 6) is -0.0304. The first kappa shape index (κ1) is 17.3. The molecule has 0 saturated carbocycles. The van der Waals surface area contributed by atoms with Crippen molar-refractivity contribution >= 4 is 12.0 Å². The van der Waals surface area contributed by atoms with Crippen molar-refractivity contribution in [1.82, 2.24) is 9.80 Å². The van der Waals surface area contributed by atoms with Crippen molar-refractivity contribution in [1.29, 1.82) is 0 Å². The summed E-state index contributed by atoms with van der Waals surface area (Å²) in [5.41, 5.74) is 0.522. The van der Waals surface area contributed by atoms with E-state index in [4.69, 9.17) is 4.74 Å².